The molecule has 0 radical (unpaired) electrons. The lowest BCUT2D eigenvalue weighted by Crippen LogP contribution is -2.35. The molecular weight excluding hydrogens is 864 g/mol. The van der Waals surface area contributed by atoms with Gasteiger partial charge in [-0.15, -0.1) is 0 Å². The van der Waals surface area contributed by atoms with Crippen LogP contribution in [0.25, 0.3) is 0 Å². The summed E-state index contributed by atoms with van der Waals surface area (Å²) < 4.78 is 7.03. The summed E-state index contributed by atoms with van der Waals surface area (Å²) in [5.41, 5.74) is 4.90. The highest BCUT2D eigenvalue weighted by Gasteiger charge is 2.46. The fourth-order valence-corrected chi connectivity index (χ4v) is 16.2. The van der Waals surface area contributed by atoms with Gasteiger partial charge in [0.05, 0.1) is 16.9 Å². The van der Waals surface area contributed by atoms with E-state index in [0.29, 0.717) is 19.7 Å². The maximum atomic E-state index is 12.4. The Bertz CT molecular complexity index is 2010. The minimum atomic E-state index is -0.304. The molecule has 1 N–H and O–H groups in total. The summed E-state index contributed by atoms with van der Waals surface area (Å²) in [6.07, 6.45) is 4.25. The van der Waals surface area contributed by atoms with Crippen LogP contribution >= 0.6 is 50.1 Å². The van der Waals surface area contributed by atoms with E-state index < -0.39 is 0 Å². The van der Waals surface area contributed by atoms with Crippen molar-refractivity contribution in [2.75, 3.05) is 52.7 Å². The Morgan fingerprint density at radius 1 is 0.590 bits per heavy atom. The second kappa shape index (κ2) is 23.7. The molecule has 4 aromatic rings. The van der Waals surface area contributed by atoms with E-state index in [9.17, 15) is 14.9 Å². The summed E-state index contributed by atoms with van der Waals surface area (Å²) in [6, 6.07) is 44.2. The lowest BCUT2D eigenvalue weighted by molar-refractivity contribution is -0.127. The molecular formula is C48H67N5O2P6. The molecule has 4 aliphatic heterocycles. The normalized spacial score (nSPS) is 28.4. The van der Waals surface area contributed by atoms with Crippen molar-refractivity contribution in [3.63, 3.8) is 0 Å². The Labute approximate surface area is 377 Å². The van der Waals surface area contributed by atoms with Crippen LogP contribution in [0.3, 0.4) is 0 Å². The highest BCUT2D eigenvalue weighted by atomic mass is 32.0. The summed E-state index contributed by atoms with van der Waals surface area (Å²) >= 11 is 0. The molecule has 4 fully saturated rings. The number of nitrogens with one attached hydrogen (secondary N) is 1. The zero-order valence-electron chi connectivity index (χ0n) is 37.1. The molecule has 326 valence electrons. The van der Waals surface area contributed by atoms with Crippen molar-refractivity contribution < 1.29 is 9.59 Å². The summed E-state index contributed by atoms with van der Waals surface area (Å²) in [6.45, 7) is 20.7. The number of carbonyl (C=O) groups excluding carboxylic acids is 2. The predicted octanol–water partition coefficient (Wildman–Crippen LogP) is 11.3. The molecule has 7 nitrogen and oxygen atoms in total. The van der Waals surface area contributed by atoms with Gasteiger partial charge in [0.1, 0.15) is 6.04 Å². The molecule has 61 heavy (non-hydrogen) atoms. The van der Waals surface area contributed by atoms with Crippen LogP contribution in [0, 0.1) is 11.3 Å². The Morgan fingerprint density at radius 3 is 1.59 bits per heavy atom. The van der Waals surface area contributed by atoms with Gasteiger partial charge in [0.25, 0.3) is 0 Å². The first-order chi connectivity index (χ1) is 29.4. The second-order valence-corrected chi connectivity index (χ2v) is 27.5. The average molecular weight is 932 g/mol. The number of rotatable bonds is 10. The van der Waals surface area contributed by atoms with Crippen molar-refractivity contribution in [3.8, 4) is 6.07 Å². The largest absolute Gasteiger partial charge is 0.355 e. The first-order valence-electron chi connectivity index (χ1n) is 21.4. The predicted molar refractivity (Wildman–Crippen MR) is 274 cm³/mol. The Hall–Kier alpha value is -2.19. The molecule has 6 unspecified atom stereocenters. The summed E-state index contributed by atoms with van der Waals surface area (Å²) in [4.78, 5) is 23.9. The SMILES string of the molecule is CPPN1CC[C@@](C)(c2ccccc2)C1.CPPN1CC[C@@](C)(c2ccccc2)C1=O.CPPN1CC[C@@](C)(c2ccccc2)[C@H]1C#N.C[C@@]1(c2ccccc2)CCNC1=O. The number of hydrogen-bond acceptors (Lipinski definition) is 5. The van der Waals surface area contributed by atoms with E-state index in [1.807, 2.05) is 66.2 Å². The van der Waals surface area contributed by atoms with Crippen LogP contribution in [0.4, 0.5) is 0 Å². The van der Waals surface area contributed by atoms with Crippen molar-refractivity contribution >= 4 is 61.9 Å². The highest BCUT2D eigenvalue weighted by Crippen LogP contribution is 2.50. The fourth-order valence-electron chi connectivity index (χ4n) is 8.82. The van der Waals surface area contributed by atoms with Crippen LogP contribution in [0.1, 0.15) is 75.6 Å². The van der Waals surface area contributed by atoms with E-state index in [0.717, 1.165) is 91.7 Å². The molecule has 4 saturated heterocycles. The number of carbonyl (C=O) groups is 2. The minimum absolute atomic E-state index is 0.00264. The Morgan fingerprint density at radius 2 is 1.10 bits per heavy atom. The van der Waals surface area contributed by atoms with Crippen molar-refractivity contribution in [2.45, 2.75) is 81.1 Å². The lowest BCUT2D eigenvalue weighted by Gasteiger charge is -2.30. The Balaban J connectivity index is 0.000000155. The van der Waals surface area contributed by atoms with Gasteiger partial charge in [-0.1, -0.05) is 160 Å². The van der Waals surface area contributed by atoms with Crippen molar-refractivity contribution in [1.82, 2.24) is 19.3 Å². The number of amides is 2. The molecule has 0 saturated carbocycles. The number of benzene rings is 4. The number of nitriles is 1. The summed E-state index contributed by atoms with van der Waals surface area (Å²) in [5.74, 6) is 0.463. The first-order valence-corrected chi connectivity index (χ1v) is 31.7. The maximum absolute atomic E-state index is 12.4. The number of nitrogens with zero attached hydrogens (tertiary/aromatic N) is 4. The minimum Gasteiger partial charge on any atom is -0.355 e. The van der Waals surface area contributed by atoms with E-state index in [-0.39, 0.29) is 28.2 Å². The van der Waals surface area contributed by atoms with Gasteiger partial charge in [-0.25, -0.2) is 0 Å². The van der Waals surface area contributed by atoms with E-state index in [2.05, 4.69) is 128 Å². The molecule has 13 heteroatoms. The summed E-state index contributed by atoms with van der Waals surface area (Å²) in [7, 11) is 5.36. The van der Waals surface area contributed by atoms with Crippen LogP contribution in [0.5, 0.6) is 0 Å². The fraction of sp³-hybridized carbons (Fsp3) is 0.438. The van der Waals surface area contributed by atoms with Gasteiger partial charge < -0.3 is 9.99 Å². The van der Waals surface area contributed by atoms with Crippen LogP contribution in [-0.4, -0.2) is 84.6 Å². The van der Waals surface area contributed by atoms with Crippen LogP contribution in [-0.2, 0) is 31.2 Å². The third kappa shape index (κ3) is 12.3. The first kappa shape index (κ1) is 49.8. The lowest BCUT2D eigenvalue weighted by atomic mass is 9.76. The van der Waals surface area contributed by atoms with Gasteiger partial charge in [0.2, 0.25) is 11.8 Å². The molecule has 11 atom stereocenters. The standard InChI is InChI=1S/C13H18N2P2.C12H17NOP2.C12H19NP2.C11H13NO/c1-13(11-6-4-3-5-7-11)8-9-15(17-16-2)12(13)10-14;1-12(10-6-4-3-5-7-10)8-9-13(11(12)14)16-15-2;1-12(11-6-4-3-5-7-11)8-9-13(10-12)15-14-2;1-11(7-8-12-10(11)13)9-5-3-2-4-6-9/h3-7,12,16-17H,8-9H2,1-2H3;3-7,15-16H,8-9H2,1-2H3;3-7,14-15H,8-10H2,1-2H3;2-6H,7-8H2,1H3,(H,12,13)/t12-,13+;2*12-;11-/m1010/s1. The van der Waals surface area contributed by atoms with Gasteiger partial charge in [-0.05, 0) is 98.6 Å². The summed E-state index contributed by atoms with van der Waals surface area (Å²) in [5, 5.41) is 12.3. The average Bonchev–Trinajstić information content (AvgIpc) is 4.04. The van der Waals surface area contributed by atoms with Gasteiger partial charge in [0.15, 0.2) is 0 Å². The second-order valence-electron chi connectivity index (χ2n) is 17.1. The third-order valence-corrected chi connectivity index (χ3v) is 20.3. The highest BCUT2D eigenvalue weighted by molar-refractivity contribution is 8.11. The molecule has 0 spiro atoms. The van der Waals surface area contributed by atoms with E-state index in [1.165, 1.54) is 30.6 Å². The van der Waals surface area contributed by atoms with Gasteiger partial charge in [0, 0.05) is 52.0 Å². The van der Waals surface area contributed by atoms with Crippen molar-refractivity contribution in [2.24, 2.45) is 0 Å². The van der Waals surface area contributed by atoms with E-state index >= 15 is 0 Å². The van der Waals surface area contributed by atoms with E-state index in [1.54, 1.807) is 0 Å². The van der Waals surface area contributed by atoms with E-state index in [4.69, 9.17) is 0 Å². The molecule has 0 aromatic heterocycles. The van der Waals surface area contributed by atoms with Crippen molar-refractivity contribution in [3.05, 3.63) is 144 Å². The topological polar surface area (TPSA) is 79.7 Å². The van der Waals surface area contributed by atoms with Gasteiger partial charge in [-0.3, -0.25) is 18.9 Å². The molecule has 0 bridgehead atoms. The quantitative estimate of drug-likeness (QED) is 0.160. The smallest absolute Gasteiger partial charge is 0.236 e. The van der Waals surface area contributed by atoms with Crippen LogP contribution in [0.2, 0.25) is 0 Å². The van der Waals surface area contributed by atoms with Crippen molar-refractivity contribution in [1.29, 1.82) is 5.26 Å². The molecule has 4 heterocycles. The maximum Gasteiger partial charge on any atom is 0.236 e. The molecule has 8 rings (SSSR count). The van der Waals surface area contributed by atoms with Crippen LogP contribution in [0.15, 0.2) is 121 Å². The van der Waals surface area contributed by atoms with Crippen LogP contribution < -0.4 is 5.32 Å². The van der Waals surface area contributed by atoms with Gasteiger partial charge in [-0.2, -0.15) is 5.26 Å². The third-order valence-electron chi connectivity index (χ3n) is 12.8. The zero-order chi connectivity index (χ0) is 43.9. The monoisotopic (exact) mass is 931 g/mol. The molecule has 2 amide bonds. The zero-order valence-corrected chi connectivity index (χ0v) is 43.1. The molecule has 4 aliphatic rings. The molecule has 4 aromatic carbocycles. The van der Waals surface area contributed by atoms with Gasteiger partial charge >= 0.3 is 0 Å². The number of hydrogen-bond donors (Lipinski definition) is 1. The Kier molecular flexibility index (Phi) is 19.3. The molecule has 0 aliphatic carbocycles.